The highest BCUT2D eigenvalue weighted by Crippen LogP contribution is 2.33. The number of ether oxygens (including phenoxy) is 1. The molecule has 0 saturated carbocycles. The highest BCUT2D eigenvalue weighted by atomic mass is 19.1. The first kappa shape index (κ1) is 16.7. The number of nitro benzene ring substituents is 1. The molecule has 0 atom stereocenters. The monoisotopic (exact) mass is 299 g/mol. The summed E-state index contributed by atoms with van der Waals surface area (Å²) in [4.78, 5) is 23.3. The van der Waals surface area contributed by atoms with E-state index in [-0.39, 0.29) is 11.4 Å². The van der Waals surface area contributed by atoms with E-state index < -0.39 is 28.1 Å². The van der Waals surface area contributed by atoms with Crippen LogP contribution < -0.4 is 15.0 Å². The Morgan fingerprint density at radius 1 is 1.38 bits per heavy atom. The molecule has 1 N–H and O–H groups in total. The molecule has 1 rings (SSSR count). The van der Waals surface area contributed by atoms with Gasteiger partial charge in [0.1, 0.15) is 0 Å². The Morgan fingerprint density at radius 3 is 2.38 bits per heavy atom. The molecule has 0 unspecified atom stereocenters. The van der Waals surface area contributed by atoms with Crippen molar-refractivity contribution in [2.75, 3.05) is 19.0 Å². The molecular weight excluding hydrogens is 281 g/mol. The fraction of sp³-hybridized carbons (Fsp3) is 0.462. The zero-order chi connectivity index (χ0) is 16.4. The molecule has 0 aromatic heterocycles. The quantitative estimate of drug-likeness (QED) is 0.685. The van der Waals surface area contributed by atoms with Crippen molar-refractivity contribution in [2.45, 2.75) is 26.3 Å². The van der Waals surface area contributed by atoms with Gasteiger partial charge in [-0.15, -0.1) is 0 Å². The van der Waals surface area contributed by atoms with Gasteiger partial charge in [0.25, 0.3) is 0 Å². The maximum Gasteiger partial charge on any atom is 0.413 e. The van der Waals surface area contributed by atoms with E-state index in [0.717, 1.165) is 12.1 Å². The number of amides is 1. The van der Waals surface area contributed by atoms with Crippen LogP contribution in [0.1, 0.15) is 20.8 Å². The van der Waals surface area contributed by atoms with Crippen molar-refractivity contribution in [1.82, 2.24) is 5.32 Å². The van der Waals surface area contributed by atoms with Gasteiger partial charge in [-0.1, -0.05) is 0 Å². The number of carbonyl (C=O) groups is 1. The van der Waals surface area contributed by atoms with Crippen LogP contribution >= 0.6 is 0 Å². The molecule has 0 aliphatic rings. The van der Waals surface area contributed by atoms with Crippen molar-refractivity contribution < 1.29 is 18.8 Å². The third kappa shape index (κ3) is 4.59. The van der Waals surface area contributed by atoms with Gasteiger partial charge in [-0.2, -0.15) is 0 Å². The predicted molar refractivity (Wildman–Crippen MR) is 76.3 cm³/mol. The van der Waals surface area contributed by atoms with E-state index in [1.54, 1.807) is 34.9 Å². The molecule has 0 spiro atoms. The average Bonchev–Trinajstić information content (AvgIpc) is 2.27. The summed E-state index contributed by atoms with van der Waals surface area (Å²) in [5.41, 5.74) is -1.09. The second-order valence-electron chi connectivity index (χ2n) is 5.69. The van der Waals surface area contributed by atoms with Gasteiger partial charge in [-0.25, -0.2) is 9.18 Å². The van der Waals surface area contributed by atoms with E-state index in [1.165, 1.54) is 4.90 Å². The van der Waals surface area contributed by atoms with Crippen molar-refractivity contribution in [2.24, 2.45) is 0 Å². The fourth-order valence-corrected chi connectivity index (χ4v) is 1.53. The van der Waals surface area contributed by atoms with Gasteiger partial charge in [0.05, 0.1) is 16.7 Å². The zero-order valence-electron chi connectivity index (χ0n) is 12.6. The largest absolute Gasteiger partial charge is 0.413 e. The normalized spacial score (nSPS) is 11.0. The van der Waals surface area contributed by atoms with Gasteiger partial charge in [-0.3, -0.25) is 10.1 Å². The Morgan fingerprint density at radius 2 is 1.95 bits per heavy atom. The second kappa shape index (κ2) is 5.94. The summed E-state index contributed by atoms with van der Waals surface area (Å²) in [6.45, 7) is 5.20. The lowest BCUT2D eigenvalue weighted by Crippen LogP contribution is -2.42. The van der Waals surface area contributed by atoms with Crippen LogP contribution in [-0.4, -0.2) is 30.7 Å². The molecule has 1 aromatic carbocycles. The molecule has 7 nitrogen and oxygen atoms in total. The summed E-state index contributed by atoms with van der Waals surface area (Å²) >= 11 is 0. The van der Waals surface area contributed by atoms with Crippen LogP contribution in [0.15, 0.2) is 12.1 Å². The number of rotatable bonds is 3. The maximum atomic E-state index is 13.7. The molecule has 0 bridgehead atoms. The fourth-order valence-electron chi connectivity index (χ4n) is 1.53. The summed E-state index contributed by atoms with van der Waals surface area (Å²) in [6.07, 6.45) is -0.845. The van der Waals surface area contributed by atoms with E-state index >= 15 is 0 Å². The SMILES string of the molecule is CN(C)c1cc(OC(=O)NC(C)(C)C)c([N+](=O)[O-])cc1F. The van der Waals surface area contributed by atoms with Gasteiger partial charge in [0, 0.05) is 25.7 Å². The van der Waals surface area contributed by atoms with E-state index in [2.05, 4.69) is 5.32 Å². The first-order valence-corrected chi connectivity index (χ1v) is 6.16. The number of hydrogen-bond donors (Lipinski definition) is 1. The molecule has 1 amide bonds. The number of nitrogens with one attached hydrogen (secondary N) is 1. The van der Waals surface area contributed by atoms with Crippen LogP contribution in [0.4, 0.5) is 20.6 Å². The number of halogens is 1. The highest BCUT2D eigenvalue weighted by Gasteiger charge is 2.24. The van der Waals surface area contributed by atoms with Crippen LogP contribution in [0.5, 0.6) is 5.75 Å². The summed E-state index contributed by atoms with van der Waals surface area (Å²) in [7, 11) is 3.15. The number of nitrogens with zero attached hydrogens (tertiary/aromatic N) is 2. The Labute approximate surface area is 121 Å². The molecular formula is C13H18FN3O4. The van der Waals surface area contributed by atoms with Gasteiger partial charge in [0.2, 0.25) is 5.75 Å². The molecule has 0 aliphatic heterocycles. The lowest BCUT2D eigenvalue weighted by atomic mass is 10.1. The summed E-state index contributed by atoms with van der Waals surface area (Å²) < 4.78 is 18.7. The van der Waals surface area contributed by atoms with E-state index in [1.807, 2.05) is 0 Å². The standard InChI is InChI=1S/C13H18FN3O4/c1-13(2,3)15-12(18)21-11-7-9(16(4)5)8(14)6-10(11)17(19)20/h6-7H,1-5H3,(H,15,18). The number of nitro groups is 1. The highest BCUT2D eigenvalue weighted by molar-refractivity contribution is 5.74. The molecule has 0 aliphatic carbocycles. The average molecular weight is 299 g/mol. The van der Waals surface area contributed by atoms with Crippen molar-refractivity contribution in [3.8, 4) is 5.75 Å². The first-order chi connectivity index (χ1) is 9.51. The molecule has 116 valence electrons. The van der Waals surface area contributed by atoms with Crippen LogP contribution in [0, 0.1) is 15.9 Å². The van der Waals surface area contributed by atoms with Crippen LogP contribution in [0.25, 0.3) is 0 Å². The van der Waals surface area contributed by atoms with Crippen molar-refractivity contribution in [1.29, 1.82) is 0 Å². The topological polar surface area (TPSA) is 84.7 Å². The Hall–Kier alpha value is -2.38. The summed E-state index contributed by atoms with van der Waals surface area (Å²) in [5, 5.41) is 13.4. The molecule has 21 heavy (non-hydrogen) atoms. The van der Waals surface area contributed by atoms with E-state index in [9.17, 15) is 19.3 Å². The Bertz CT molecular complexity index is 567. The van der Waals surface area contributed by atoms with Crippen LogP contribution in [0.3, 0.4) is 0 Å². The Kier molecular flexibility index (Phi) is 4.72. The molecule has 8 heteroatoms. The maximum absolute atomic E-state index is 13.7. The van der Waals surface area contributed by atoms with Crippen molar-refractivity contribution in [3.05, 3.63) is 28.1 Å². The zero-order valence-corrected chi connectivity index (χ0v) is 12.6. The van der Waals surface area contributed by atoms with Gasteiger partial charge in [0.15, 0.2) is 5.82 Å². The third-order valence-electron chi connectivity index (χ3n) is 2.39. The van der Waals surface area contributed by atoms with Crippen LogP contribution in [0.2, 0.25) is 0 Å². The second-order valence-corrected chi connectivity index (χ2v) is 5.69. The van der Waals surface area contributed by atoms with Gasteiger partial charge in [-0.05, 0) is 20.8 Å². The van der Waals surface area contributed by atoms with Crippen molar-refractivity contribution >= 4 is 17.5 Å². The molecule has 0 saturated heterocycles. The lowest BCUT2D eigenvalue weighted by molar-refractivity contribution is -0.385. The first-order valence-electron chi connectivity index (χ1n) is 6.16. The molecule has 0 fully saturated rings. The molecule has 1 aromatic rings. The lowest BCUT2D eigenvalue weighted by Gasteiger charge is -2.20. The van der Waals surface area contributed by atoms with Crippen LogP contribution in [-0.2, 0) is 0 Å². The predicted octanol–water partition coefficient (Wildman–Crippen LogP) is 2.69. The number of anilines is 1. The van der Waals surface area contributed by atoms with Gasteiger partial charge < -0.3 is 15.0 Å². The summed E-state index contributed by atoms with van der Waals surface area (Å²) in [6, 6.07) is 1.85. The minimum Gasteiger partial charge on any atom is -0.403 e. The number of carbonyl (C=O) groups excluding carboxylic acids is 1. The minimum absolute atomic E-state index is 0.0826. The molecule has 0 heterocycles. The summed E-state index contributed by atoms with van der Waals surface area (Å²) in [5.74, 6) is -1.08. The van der Waals surface area contributed by atoms with Gasteiger partial charge >= 0.3 is 11.8 Å². The van der Waals surface area contributed by atoms with E-state index in [4.69, 9.17) is 4.74 Å². The Balaban J connectivity index is 3.17. The minimum atomic E-state index is -0.845. The van der Waals surface area contributed by atoms with E-state index in [0.29, 0.717) is 0 Å². The number of benzene rings is 1. The smallest absolute Gasteiger partial charge is 0.403 e. The van der Waals surface area contributed by atoms with Crippen molar-refractivity contribution in [3.63, 3.8) is 0 Å². The molecule has 0 radical (unpaired) electrons. The number of hydrogen-bond acceptors (Lipinski definition) is 5. The third-order valence-corrected chi connectivity index (χ3v) is 2.39.